The molecular formula is C24H48N2O2. The summed E-state index contributed by atoms with van der Waals surface area (Å²) in [5, 5.41) is 0. The molecule has 166 valence electrons. The summed E-state index contributed by atoms with van der Waals surface area (Å²) in [6.07, 6.45) is 18.7. The van der Waals surface area contributed by atoms with Gasteiger partial charge in [-0.05, 0) is 38.9 Å². The highest BCUT2D eigenvalue weighted by Gasteiger charge is 2.10. The summed E-state index contributed by atoms with van der Waals surface area (Å²) in [4.78, 5) is 26.8. The first kappa shape index (κ1) is 27.1. The van der Waals surface area contributed by atoms with E-state index in [1.54, 1.807) is 4.90 Å². The normalized spacial score (nSPS) is 11.1. The van der Waals surface area contributed by atoms with Crippen LogP contribution in [0.4, 0.5) is 0 Å². The van der Waals surface area contributed by atoms with E-state index in [-0.39, 0.29) is 5.91 Å². The van der Waals surface area contributed by atoms with Crippen LogP contribution in [-0.2, 0) is 9.59 Å². The fourth-order valence-electron chi connectivity index (χ4n) is 3.60. The lowest BCUT2D eigenvalue weighted by molar-refractivity contribution is -0.130. The van der Waals surface area contributed by atoms with Gasteiger partial charge in [-0.2, -0.15) is 0 Å². The summed E-state index contributed by atoms with van der Waals surface area (Å²) in [7, 11) is 1.86. The first-order valence-corrected chi connectivity index (χ1v) is 12.1. The van der Waals surface area contributed by atoms with Gasteiger partial charge in [0.15, 0.2) is 0 Å². The van der Waals surface area contributed by atoms with Crippen LogP contribution in [0.3, 0.4) is 0 Å². The summed E-state index contributed by atoms with van der Waals surface area (Å²) in [5.41, 5.74) is 0. The molecule has 0 unspecified atom stereocenters. The lowest BCUT2D eigenvalue weighted by Gasteiger charge is -2.24. The van der Waals surface area contributed by atoms with Crippen LogP contribution in [0.25, 0.3) is 0 Å². The Morgan fingerprint density at radius 2 is 1.14 bits per heavy atom. The highest BCUT2D eigenvalue weighted by molar-refractivity contribution is 5.77. The molecule has 0 aliphatic carbocycles. The molecule has 0 spiro atoms. The van der Waals surface area contributed by atoms with Crippen molar-refractivity contribution in [2.45, 2.75) is 110 Å². The Kier molecular flexibility index (Phi) is 20.2. The minimum Gasteiger partial charge on any atom is -0.346 e. The van der Waals surface area contributed by atoms with E-state index in [9.17, 15) is 9.59 Å². The summed E-state index contributed by atoms with van der Waals surface area (Å²) in [5.74, 6) is 0.0884. The highest BCUT2D eigenvalue weighted by Crippen LogP contribution is 2.09. The van der Waals surface area contributed by atoms with Gasteiger partial charge < -0.3 is 14.6 Å². The van der Waals surface area contributed by atoms with Crippen molar-refractivity contribution in [3.8, 4) is 0 Å². The average molecular weight is 397 g/mol. The van der Waals surface area contributed by atoms with Gasteiger partial charge in [-0.3, -0.25) is 4.79 Å². The van der Waals surface area contributed by atoms with Crippen LogP contribution in [-0.4, -0.2) is 55.2 Å². The van der Waals surface area contributed by atoms with E-state index in [1.807, 2.05) is 7.05 Å². The SMILES string of the molecule is CCCCCCCCN(CCCCCCCC)CCCN(C)C(=O)CCC=O. The van der Waals surface area contributed by atoms with Gasteiger partial charge in [-0.25, -0.2) is 0 Å². The number of amides is 1. The second kappa shape index (κ2) is 20.8. The number of hydrogen-bond donors (Lipinski definition) is 0. The fraction of sp³-hybridized carbons (Fsp3) is 0.917. The average Bonchev–Trinajstić information content (AvgIpc) is 2.70. The molecule has 0 aromatic heterocycles. The molecule has 0 atom stereocenters. The Bertz CT molecular complexity index is 345. The van der Waals surface area contributed by atoms with Gasteiger partial charge in [0, 0.05) is 26.4 Å². The number of hydrogen-bond acceptors (Lipinski definition) is 3. The third-order valence-electron chi connectivity index (χ3n) is 5.53. The molecular weight excluding hydrogens is 348 g/mol. The molecule has 0 N–H and O–H groups in total. The number of nitrogens with zero attached hydrogens (tertiary/aromatic N) is 2. The molecule has 0 radical (unpaired) electrons. The van der Waals surface area contributed by atoms with Gasteiger partial charge in [0.2, 0.25) is 5.91 Å². The van der Waals surface area contributed by atoms with Crippen molar-refractivity contribution < 1.29 is 9.59 Å². The zero-order valence-electron chi connectivity index (χ0n) is 19.2. The van der Waals surface area contributed by atoms with Crippen molar-refractivity contribution in [1.29, 1.82) is 0 Å². The summed E-state index contributed by atoms with van der Waals surface area (Å²) in [6.45, 7) is 8.80. The van der Waals surface area contributed by atoms with Crippen molar-refractivity contribution in [3.63, 3.8) is 0 Å². The van der Waals surface area contributed by atoms with Gasteiger partial charge in [-0.15, -0.1) is 0 Å². The molecule has 4 heteroatoms. The number of aldehydes is 1. The molecule has 0 aromatic rings. The van der Waals surface area contributed by atoms with E-state index in [0.717, 1.165) is 25.8 Å². The second-order valence-electron chi connectivity index (χ2n) is 8.25. The third kappa shape index (κ3) is 17.2. The third-order valence-corrected chi connectivity index (χ3v) is 5.53. The molecule has 0 rings (SSSR count). The number of carbonyl (C=O) groups is 2. The predicted molar refractivity (Wildman–Crippen MR) is 121 cm³/mol. The van der Waals surface area contributed by atoms with Gasteiger partial charge in [-0.1, -0.05) is 78.1 Å². The number of unbranched alkanes of at least 4 members (excludes halogenated alkanes) is 10. The first-order valence-electron chi connectivity index (χ1n) is 12.1. The zero-order valence-corrected chi connectivity index (χ0v) is 19.2. The van der Waals surface area contributed by atoms with Crippen molar-refractivity contribution in [2.75, 3.05) is 33.2 Å². The molecule has 0 saturated heterocycles. The van der Waals surface area contributed by atoms with Crippen LogP contribution in [0.1, 0.15) is 110 Å². The maximum Gasteiger partial charge on any atom is 0.222 e. The standard InChI is InChI=1S/C24H48N2O2/c1-4-6-8-10-12-14-20-26(21-15-13-11-9-7-5-2)22-17-19-25(3)24(28)18-16-23-27/h23H,4-22H2,1-3H3. The molecule has 0 saturated carbocycles. The van der Waals surface area contributed by atoms with E-state index < -0.39 is 0 Å². The number of rotatable bonds is 21. The summed E-state index contributed by atoms with van der Waals surface area (Å²) < 4.78 is 0. The molecule has 1 amide bonds. The summed E-state index contributed by atoms with van der Waals surface area (Å²) >= 11 is 0. The van der Waals surface area contributed by atoms with E-state index >= 15 is 0 Å². The number of carbonyl (C=O) groups excluding carboxylic acids is 2. The lowest BCUT2D eigenvalue weighted by Crippen LogP contribution is -2.32. The van der Waals surface area contributed by atoms with Crippen molar-refractivity contribution >= 4 is 12.2 Å². The van der Waals surface area contributed by atoms with Gasteiger partial charge in [0.05, 0.1) is 0 Å². The Hall–Kier alpha value is -0.900. The van der Waals surface area contributed by atoms with E-state index in [0.29, 0.717) is 12.8 Å². The van der Waals surface area contributed by atoms with Crippen LogP contribution in [0.15, 0.2) is 0 Å². The highest BCUT2D eigenvalue weighted by atomic mass is 16.2. The van der Waals surface area contributed by atoms with Gasteiger partial charge in [0.1, 0.15) is 6.29 Å². The maximum absolute atomic E-state index is 11.9. The monoisotopic (exact) mass is 396 g/mol. The molecule has 0 bridgehead atoms. The largest absolute Gasteiger partial charge is 0.346 e. The fourth-order valence-corrected chi connectivity index (χ4v) is 3.60. The van der Waals surface area contributed by atoms with Crippen molar-refractivity contribution in [2.24, 2.45) is 0 Å². The van der Waals surface area contributed by atoms with E-state index in [4.69, 9.17) is 0 Å². The molecule has 0 aliphatic rings. The Labute approximate surface area is 175 Å². The van der Waals surface area contributed by atoms with Crippen molar-refractivity contribution in [3.05, 3.63) is 0 Å². The van der Waals surface area contributed by atoms with Crippen LogP contribution < -0.4 is 0 Å². The van der Waals surface area contributed by atoms with Gasteiger partial charge >= 0.3 is 0 Å². The minimum atomic E-state index is 0.0884. The molecule has 0 heterocycles. The minimum absolute atomic E-state index is 0.0884. The Balaban J connectivity index is 4.08. The van der Waals surface area contributed by atoms with Crippen molar-refractivity contribution in [1.82, 2.24) is 9.80 Å². The second-order valence-corrected chi connectivity index (χ2v) is 8.25. The van der Waals surface area contributed by atoms with E-state index in [1.165, 1.54) is 90.1 Å². The van der Waals surface area contributed by atoms with Crippen LogP contribution in [0, 0.1) is 0 Å². The molecule has 0 aliphatic heterocycles. The molecule has 4 nitrogen and oxygen atoms in total. The molecule has 28 heavy (non-hydrogen) atoms. The van der Waals surface area contributed by atoms with E-state index in [2.05, 4.69) is 18.7 Å². The van der Waals surface area contributed by atoms with Gasteiger partial charge in [0.25, 0.3) is 0 Å². The Morgan fingerprint density at radius 1 is 0.679 bits per heavy atom. The zero-order chi connectivity index (χ0) is 20.9. The smallest absolute Gasteiger partial charge is 0.222 e. The molecule has 0 aromatic carbocycles. The lowest BCUT2D eigenvalue weighted by atomic mass is 10.1. The summed E-state index contributed by atoms with van der Waals surface area (Å²) in [6, 6.07) is 0. The Morgan fingerprint density at radius 3 is 1.64 bits per heavy atom. The maximum atomic E-state index is 11.9. The topological polar surface area (TPSA) is 40.6 Å². The van der Waals surface area contributed by atoms with Crippen LogP contribution in [0.5, 0.6) is 0 Å². The first-order chi connectivity index (χ1) is 13.7. The quantitative estimate of drug-likeness (QED) is 0.181. The van der Waals surface area contributed by atoms with Crippen LogP contribution >= 0.6 is 0 Å². The predicted octanol–water partition coefficient (Wildman–Crippen LogP) is 5.84. The molecule has 0 fully saturated rings. The van der Waals surface area contributed by atoms with Crippen LogP contribution in [0.2, 0.25) is 0 Å².